The van der Waals surface area contributed by atoms with Crippen molar-refractivity contribution in [1.82, 2.24) is 0 Å². The Morgan fingerprint density at radius 1 is 1.31 bits per heavy atom. The minimum absolute atomic E-state index is 0.312. The third-order valence-electron chi connectivity index (χ3n) is 1.55. The van der Waals surface area contributed by atoms with E-state index in [0.717, 1.165) is 5.75 Å². The van der Waals surface area contributed by atoms with Crippen LogP contribution in [0.3, 0.4) is 0 Å². The minimum atomic E-state index is -2.60. The summed E-state index contributed by atoms with van der Waals surface area (Å²) in [7, 11) is 1.84. The zero-order chi connectivity index (χ0) is 10.5. The highest BCUT2D eigenvalue weighted by Gasteiger charge is 2.62. The molecule has 1 unspecified atom stereocenters. The lowest BCUT2D eigenvalue weighted by Gasteiger charge is -2.20. The summed E-state index contributed by atoms with van der Waals surface area (Å²) >= 11 is 9.20. The maximum absolute atomic E-state index is 5.32. The molecule has 0 saturated carbocycles. The van der Waals surface area contributed by atoms with Crippen LogP contribution in [0.25, 0.3) is 0 Å². The van der Waals surface area contributed by atoms with Crippen LogP contribution >= 0.6 is 24.8 Å². The number of thiol groups is 1. The predicted octanol–water partition coefficient (Wildman–Crippen LogP) is 1.21. The summed E-state index contributed by atoms with van der Waals surface area (Å²) in [5.41, 5.74) is 0. The lowest BCUT2D eigenvalue weighted by Crippen LogP contribution is -2.53. The van der Waals surface area contributed by atoms with Gasteiger partial charge in [0.05, 0.1) is 10.3 Å². The van der Waals surface area contributed by atoms with Crippen molar-refractivity contribution in [1.29, 1.82) is 0 Å². The average molecular weight is 259 g/mol. The minimum Gasteiger partial charge on any atom is -0.335 e. The molecule has 0 fully saturated rings. The summed E-state index contributed by atoms with van der Waals surface area (Å²) in [5, 5.41) is 0. The van der Waals surface area contributed by atoms with Gasteiger partial charge in [0.2, 0.25) is 3.53 Å². The molecule has 0 rings (SSSR count). The first-order valence-electron chi connectivity index (χ1n) is 3.67. The number of thiocarbonyl (C=S) groups is 1. The zero-order valence-electron chi connectivity index (χ0n) is 8.20. The number of hydrogen-bond acceptors (Lipinski definition) is 4. The van der Waals surface area contributed by atoms with Gasteiger partial charge in [-0.1, -0.05) is 12.6 Å². The molecule has 13 heavy (non-hydrogen) atoms. The summed E-state index contributed by atoms with van der Waals surface area (Å²) in [6, 6.07) is 0. The number of rotatable bonds is 5. The van der Waals surface area contributed by atoms with Crippen LogP contribution in [0.2, 0.25) is 0 Å². The number of hydrogen-bond donors (Lipinski definition) is 1. The summed E-state index contributed by atoms with van der Waals surface area (Å²) in [4.78, 5) is 0. The fraction of sp³-hybridized carbons (Fsp3) is 0.833. The van der Waals surface area contributed by atoms with E-state index in [2.05, 4.69) is 12.6 Å². The van der Waals surface area contributed by atoms with Gasteiger partial charge in [-0.3, -0.25) is 0 Å². The van der Waals surface area contributed by atoms with Gasteiger partial charge < -0.3 is 13.3 Å². The van der Waals surface area contributed by atoms with Gasteiger partial charge in [0.15, 0.2) is 0 Å². The quantitative estimate of drug-likeness (QED) is 0.348. The Labute approximate surface area is 93.9 Å². The normalized spacial score (nSPS) is 14.2. The molecule has 0 aromatic rings. The van der Waals surface area contributed by atoms with Crippen LogP contribution in [0, 0.1) is 0 Å². The first-order chi connectivity index (χ1) is 6.07. The van der Waals surface area contributed by atoms with Crippen molar-refractivity contribution in [3.05, 3.63) is 0 Å². The van der Waals surface area contributed by atoms with E-state index in [0.29, 0.717) is 3.53 Å². The molecule has 0 aliphatic rings. The van der Waals surface area contributed by atoms with Crippen molar-refractivity contribution in [2.24, 2.45) is 0 Å². The highest BCUT2D eigenvalue weighted by Crippen LogP contribution is 2.21. The monoisotopic (exact) mass is 259 g/mol. The maximum Gasteiger partial charge on any atom is 0.787 e. The third-order valence-corrected chi connectivity index (χ3v) is 11.7. The van der Waals surface area contributed by atoms with Crippen LogP contribution < -0.4 is 0 Å². The fourth-order valence-corrected chi connectivity index (χ4v) is 9.06. The Bertz CT molecular complexity index is 166. The molecule has 0 saturated heterocycles. The molecule has 0 aromatic heterocycles. The largest absolute Gasteiger partial charge is 0.787 e. The van der Waals surface area contributed by atoms with E-state index in [4.69, 9.17) is 25.5 Å². The summed E-state index contributed by atoms with van der Waals surface area (Å²) in [5.74, 6) is 0.837. The van der Waals surface area contributed by atoms with E-state index in [-0.39, 0.29) is 10.3 Å². The second-order valence-corrected chi connectivity index (χ2v) is 10.7. The Balaban J connectivity index is 4.76. The van der Waals surface area contributed by atoms with Gasteiger partial charge >= 0.3 is 7.95 Å². The van der Waals surface area contributed by atoms with Gasteiger partial charge in [0.25, 0.3) is 0 Å². The van der Waals surface area contributed by atoms with E-state index in [9.17, 15) is 0 Å². The van der Waals surface area contributed by atoms with Crippen molar-refractivity contribution in [2.75, 3.05) is 27.1 Å². The van der Waals surface area contributed by atoms with Crippen molar-refractivity contribution >= 4 is 46.7 Å². The summed E-state index contributed by atoms with van der Waals surface area (Å²) < 4.78 is 16.6. The Hall–Kier alpha value is 0.887. The van der Waals surface area contributed by atoms with Crippen LogP contribution in [0.4, 0.5) is 0 Å². The maximum atomic E-state index is 5.32. The highest BCUT2D eigenvalue weighted by molar-refractivity contribution is 8.51. The molecular weight excluding hydrogens is 244 g/mol. The third kappa shape index (κ3) is 3.19. The molecule has 0 amide bonds. The smallest absolute Gasteiger partial charge is 0.335 e. The molecule has 3 nitrogen and oxygen atoms in total. The summed E-state index contributed by atoms with van der Waals surface area (Å²) in [6.45, 7) is 2.02. The van der Waals surface area contributed by atoms with Crippen molar-refractivity contribution < 1.29 is 13.3 Å². The van der Waals surface area contributed by atoms with Gasteiger partial charge in [0.1, 0.15) is 5.75 Å². The fourth-order valence-electron chi connectivity index (χ4n) is 0.959. The van der Waals surface area contributed by atoms with Gasteiger partial charge in [0, 0.05) is 21.3 Å². The van der Waals surface area contributed by atoms with Crippen LogP contribution in [0.1, 0.15) is 6.92 Å². The van der Waals surface area contributed by atoms with E-state index < -0.39 is 7.95 Å². The first-order valence-corrected chi connectivity index (χ1v) is 8.37. The molecule has 0 heterocycles. The molecule has 1 atom stereocenters. The van der Waals surface area contributed by atoms with E-state index in [1.165, 1.54) is 0 Å². The van der Waals surface area contributed by atoms with Gasteiger partial charge in [-0.15, -0.1) is 0 Å². The highest BCUT2D eigenvalue weighted by atomic mass is 32.4. The van der Waals surface area contributed by atoms with Crippen molar-refractivity contribution in [3.8, 4) is 0 Å². The molecule has 0 aromatic carbocycles. The first kappa shape index (κ1) is 13.9. The Kier molecular flexibility index (Phi) is 6.82. The van der Waals surface area contributed by atoms with Crippen LogP contribution in [-0.2, 0) is 23.6 Å². The molecule has 0 aliphatic heterocycles. The van der Waals surface area contributed by atoms with Crippen LogP contribution in [0.15, 0.2) is 0 Å². The summed E-state index contributed by atoms with van der Waals surface area (Å²) in [6.07, 6.45) is 0. The molecule has 0 radical (unpaired) electrons. The van der Waals surface area contributed by atoms with Crippen LogP contribution in [-0.4, -0.2) is 38.6 Å². The zero-order valence-corrected chi connectivity index (χ0v) is 11.7. The van der Waals surface area contributed by atoms with Gasteiger partial charge in [-0.2, -0.15) is 0 Å². The van der Waals surface area contributed by atoms with E-state index in [1.54, 1.807) is 21.3 Å². The molecule has 78 valence electrons. The second kappa shape index (κ2) is 6.39. The molecule has 7 heteroatoms. The van der Waals surface area contributed by atoms with Gasteiger partial charge in [-0.25, -0.2) is 0 Å². The van der Waals surface area contributed by atoms with Crippen LogP contribution in [0.5, 0.6) is 0 Å². The second-order valence-electron chi connectivity index (χ2n) is 2.06. The Morgan fingerprint density at radius 3 is 1.77 bits per heavy atom. The molecule has 0 N–H and O–H groups in total. The average Bonchev–Trinajstić information content (AvgIpc) is 2.13. The molecular formula is C6H15O3S3Si+. The Morgan fingerprint density at radius 2 is 1.69 bits per heavy atom. The van der Waals surface area contributed by atoms with Crippen molar-refractivity contribution in [3.63, 3.8) is 0 Å². The topological polar surface area (TPSA) is 27.7 Å². The molecule has 0 spiro atoms. The van der Waals surface area contributed by atoms with Gasteiger partial charge in [-0.05, 0) is 19.1 Å². The molecule has 0 aliphatic carbocycles. The van der Waals surface area contributed by atoms with Crippen molar-refractivity contribution in [2.45, 2.75) is 6.92 Å². The van der Waals surface area contributed by atoms with E-state index in [1.807, 2.05) is 6.92 Å². The van der Waals surface area contributed by atoms with E-state index >= 15 is 0 Å². The standard InChI is InChI=1S/C6H14O3S3Si/c1-5-12(6(10)11)13(7-2,8-3)9-4/h5H2,1-4H3/p+1. The lowest BCUT2D eigenvalue weighted by atomic mass is 11.0. The SMILES string of the molecule is CC[S+](C(=S)S)[Si](OC)(OC)OC. The molecule has 0 bridgehead atoms. The predicted molar refractivity (Wildman–Crippen MR) is 66.3 cm³/mol. The lowest BCUT2D eigenvalue weighted by molar-refractivity contribution is 0.151.